The van der Waals surface area contributed by atoms with Crippen molar-refractivity contribution < 1.29 is 15.0 Å². The standard InChI is InChI=1S/C11H9NO4/c13-9(14)5-7-10(15)6-3-1-2-4-8(6)12-11(7)16/h1-4H,5H2,(H,13,14)(H2,12,15,16). The van der Waals surface area contributed by atoms with Crippen molar-refractivity contribution in [3.05, 3.63) is 40.2 Å². The van der Waals surface area contributed by atoms with Crippen LogP contribution in [-0.4, -0.2) is 21.2 Å². The minimum Gasteiger partial charge on any atom is -0.507 e. The molecule has 1 aromatic heterocycles. The Kier molecular flexibility index (Phi) is 2.36. The first-order valence-corrected chi connectivity index (χ1v) is 4.64. The normalized spacial score (nSPS) is 10.5. The van der Waals surface area contributed by atoms with Crippen molar-refractivity contribution in [2.75, 3.05) is 0 Å². The minimum absolute atomic E-state index is 0.119. The number of benzene rings is 1. The van der Waals surface area contributed by atoms with Crippen LogP contribution in [0.25, 0.3) is 10.9 Å². The molecular formula is C11H9NO4. The zero-order valence-electron chi connectivity index (χ0n) is 8.23. The number of fused-ring (bicyclic) bond motifs is 1. The summed E-state index contributed by atoms with van der Waals surface area (Å²) in [5.74, 6) is -1.42. The molecule has 5 heteroatoms. The fourth-order valence-electron chi connectivity index (χ4n) is 1.58. The third kappa shape index (κ3) is 1.63. The molecule has 5 nitrogen and oxygen atoms in total. The van der Waals surface area contributed by atoms with E-state index >= 15 is 0 Å². The van der Waals surface area contributed by atoms with Crippen LogP contribution in [0.4, 0.5) is 0 Å². The summed E-state index contributed by atoms with van der Waals surface area (Å²) in [6.45, 7) is 0. The maximum atomic E-state index is 11.5. The van der Waals surface area contributed by atoms with Gasteiger partial charge < -0.3 is 15.2 Å². The highest BCUT2D eigenvalue weighted by Crippen LogP contribution is 2.24. The van der Waals surface area contributed by atoms with Crippen LogP contribution in [-0.2, 0) is 11.2 Å². The summed E-state index contributed by atoms with van der Waals surface area (Å²) in [6, 6.07) is 6.67. The Labute approximate surface area is 90.0 Å². The Morgan fingerprint density at radius 3 is 2.69 bits per heavy atom. The average molecular weight is 219 g/mol. The molecule has 0 spiro atoms. The number of aromatic hydroxyl groups is 1. The lowest BCUT2D eigenvalue weighted by molar-refractivity contribution is -0.136. The van der Waals surface area contributed by atoms with Crippen molar-refractivity contribution in [2.24, 2.45) is 0 Å². The van der Waals surface area contributed by atoms with Crippen molar-refractivity contribution in [1.29, 1.82) is 0 Å². The van der Waals surface area contributed by atoms with E-state index in [-0.39, 0.29) is 11.3 Å². The lowest BCUT2D eigenvalue weighted by Crippen LogP contribution is -2.16. The molecule has 0 saturated carbocycles. The molecule has 3 N–H and O–H groups in total. The fourth-order valence-corrected chi connectivity index (χ4v) is 1.58. The Bertz CT molecular complexity index is 615. The van der Waals surface area contributed by atoms with Crippen LogP contribution in [0.15, 0.2) is 29.1 Å². The minimum atomic E-state index is -1.16. The lowest BCUT2D eigenvalue weighted by atomic mass is 10.1. The van der Waals surface area contributed by atoms with Crippen molar-refractivity contribution in [1.82, 2.24) is 4.98 Å². The first kappa shape index (κ1) is 10.2. The van der Waals surface area contributed by atoms with Gasteiger partial charge in [-0.05, 0) is 12.1 Å². The number of carbonyl (C=O) groups is 1. The molecule has 0 aliphatic heterocycles. The molecule has 0 fully saturated rings. The molecule has 0 bridgehead atoms. The van der Waals surface area contributed by atoms with Gasteiger partial charge in [-0.15, -0.1) is 0 Å². The summed E-state index contributed by atoms with van der Waals surface area (Å²) >= 11 is 0. The number of rotatable bonds is 2. The van der Waals surface area contributed by atoms with Crippen molar-refractivity contribution in [2.45, 2.75) is 6.42 Å². The van der Waals surface area contributed by atoms with Gasteiger partial charge in [0.2, 0.25) is 0 Å². The molecule has 1 heterocycles. The van der Waals surface area contributed by atoms with Gasteiger partial charge in [-0.3, -0.25) is 9.59 Å². The Balaban J connectivity index is 2.75. The molecular weight excluding hydrogens is 210 g/mol. The first-order chi connectivity index (χ1) is 7.59. The second-order valence-corrected chi connectivity index (χ2v) is 3.40. The quantitative estimate of drug-likeness (QED) is 0.698. The summed E-state index contributed by atoms with van der Waals surface area (Å²) in [7, 11) is 0. The molecule has 82 valence electrons. The van der Waals surface area contributed by atoms with E-state index in [1.165, 1.54) is 0 Å². The Morgan fingerprint density at radius 1 is 1.31 bits per heavy atom. The van der Waals surface area contributed by atoms with Crippen LogP contribution in [0.5, 0.6) is 5.75 Å². The zero-order chi connectivity index (χ0) is 11.7. The molecule has 0 atom stereocenters. The molecule has 0 radical (unpaired) electrons. The topological polar surface area (TPSA) is 90.4 Å². The van der Waals surface area contributed by atoms with Crippen LogP contribution < -0.4 is 5.56 Å². The van der Waals surface area contributed by atoms with Gasteiger partial charge >= 0.3 is 5.97 Å². The molecule has 1 aromatic carbocycles. The summed E-state index contributed by atoms with van der Waals surface area (Å²) in [6.07, 6.45) is -0.494. The zero-order valence-corrected chi connectivity index (χ0v) is 8.23. The number of aliphatic carboxylic acids is 1. The molecule has 0 amide bonds. The van der Waals surface area contributed by atoms with Gasteiger partial charge in [-0.1, -0.05) is 12.1 Å². The molecule has 16 heavy (non-hydrogen) atoms. The second kappa shape index (κ2) is 3.69. The van der Waals surface area contributed by atoms with E-state index < -0.39 is 17.9 Å². The van der Waals surface area contributed by atoms with Crippen molar-refractivity contribution in [3.8, 4) is 5.75 Å². The SMILES string of the molecule is O=C(O)Cc1c(O)c2ccccc2[nH]c1=O. The highest BCUT2D eigenvalue weighted by molar-refractivity contribution is 5.87. The van der Waals surface area contributed by atoms with Crippen LogP contribution >= 0.6 is 0 Å². The summed E-state index contributed by atoms with van der Waals surface area (Å²) in [5, 5.41) is 18.9. The number of para-hydroxylation sites is 1. The fraction of sp³-hybridized carbons (Fsp3) is 0.0909. The van der Waals surface area contributed by atoms with E-state index in [0.29, 0.717) is 10.9 Å². The number of pyridine rings is 1. The van der Waals surface area contributed by atoms with Gasteiger partial charge in [-0.2, -0.15) is 0 Å². The van der Waals surface area contributed by atoms with E-state index in [1.54, 1.807) is 24.3 Å². The smallest absolute Gasteiger partial charge is 0.308 e. The highest BCUT2D eigenvalue weighted by atomic mass is 16.4. The summed E-state index contributed by atoms with van der Waals surface area (Å²) in [4.78, 5) is 24.6. The van der Waals surface area contributed by atoms with Gasteiger partial charge in [0.15, 0.2) is 0 Å². The summed E-state index contributed by atoms with van der Waals surface area (Å²) < 4.78 is 0. The van der Waals surface area contributed by atoms with Crippen LogP contribution in [0, 0.1) is 0 Å². The molecule has 2 aromatic rings. The Morgan fingerprint density at radius 2 is 2.00 bits per heavy atom. The highest BCUT2D eigenvalue weighted by Gasteiger charge is 2.14. The molecule has 0 aliphatic carbocycles. The molecule has 0 unspecified atom stereocenters. The predicted molar refractivity (Wildman–Crippen MR) is 57.6 cm³/mol. The first-order valence-electron chi connectivity index (χ1n) is 4.64. The van der Waals surface area contributed by atoms with Crippen LogP contribution in [0.3, 0.4) is 0 Å². The van der Waals surface area contributed by atoms with E-state index in [2.05, 4.69) is 4.98 Å². The molecule has 2 rings (SSSR count). The monoisotopic (exact) mass is 219 g/mol. The van der Waals surface area contributed by atoms with Crippen LogP contribution in [0.1, 0.15) is 5.56 Å². The number of H-pyrrole nitrogens is 1. The third-order valence-corrected chi connectivity index (χ3v) is 2.32. The van der Waals surface area contributed by atoms with Gasteiger partial charge in [-0.25, -0.2) is 0 Å². The van der Waals surface area contributed by atoms with Gasteiger partial charge in [0.05, 0.1) is 17.5 Å². The van der Waals surface area contributed by atoms with E-state index in [0.717, 1.165) is 0 Å². The number of carboxylic acid groups (broad SMARTS) is 1. The predicted octanol–water partition coefficient (Wildman–Crippen LogP) is 0.861. The Hall–Kier alpha value is -2.30. The van der Waals surface area contributed by atoms with Gasteiger partial charge in [0, 0.05) is 5.39 Å². The maximum Gasteiger partial charge on any atom is 0.308 e. The van der Waals surface area contributed by atoms with E-state index in [4.69, 9.17) is 5.11 Å². The van der Waals surface area contributed by atoms with Gasteiger partial charge in [0.1, 0.15) is 5.75 Å². The van der Waals surface area contributed by atoms with E-state index in [1.807, 2.05) is 0 Å². The average Bonchev–Trinajstić information content (AvgIpc) is 2.24. The number of nitrogens with one attached hydrogen (secondary N) is 1. The second-order valence-electron chi connectivity index (χ2n) is 3.40. The van der Waals surface area contributed by atoms with Gasteiger partial charge in [0.25, 0.3) is 5.56 Å². The molecule has 0 saturated heterocycles. The number of hydrogen-bond donors (Lipinski definition) is 3. The summed E-state index contributed by atoms with van der Waals surface area (Å²) in [5.41, 5.74) is -0.205. The number of carboxylic acids is 1. The third-order valence-electron chi connectivity index (χ3n) is 2.32. The number of aromatic nitrogens is 1. The number of hydrogen-bond acceptors (Lipinski definition) is 3. The van der Waals surface area contributed by atoms with Crippen molar-refractivity contribution >= 4 is 16.9 Å². The molecule has 0 aliphatic rings. The van der Waals surface area contributed by atoms with E-state index in [9.17, 15) is 14.7 Å². The number of aromatic amines is 1. The lowest BCUT2D eigenvalue weighted by Gasteiger charge is -2.04. The van der Waals surface area contributed by atoms with Crippen LogP contribution in [0.2, 0.25) is 0 Å². The maximum absolute atomic E-state index is 11.5. The largest absolute Gasteiger partial charge is 0.507 e. The van der Waals surface area contributed by atoms with Crippen molar-refractivity contribution in [3.63, 3.8) is 0 Å².